The standard InChI is InChI=1S/C13H18FNOSi/c1-13(2,3)17(4,5)16-11-6-7-12(14)10(8-11)9-15/h6-8H,1-5H3. The van der Waals surface area contributed by atoms with Crippen LogP contribution in [0.5, 0.6) is 5.75 Å². The van der Waals surface area contributed by atoms with Gasteiger partial charge in [-0.25, -0.2) is 4.39 Å². The van der Waals surface area contributed by atoms with Crippen molar-refractivity contribution in [1.82, 2.24) is 0 Å². The van der Waals surface area contributed by atoms with Crippen LogP contribution in [0, 0.1) is 17.1 Å². The minimum atomic E-state index is -1.93. The summed E-state index contributed by atoms with van der Waals surface area (Å²) in [6.45, 7) is 10.6. The quantitative estimate of drug-likeness (QED) is 0.742. The predicted octanol–water partition coefficient (Wildman–Crippen LogP) is 4.08. The van der Waals surface area contributed by atoms with Crippen LogP contribution in [-0.2, 0) is 0 Å². The van der Waals surface area contributed by atoms with Crippen molar-refractivity contribution < 1.29 is 8.82 Å². The van der Waals surface area contributed by atoms with Crippen LogP contribution >= 0.6 is 0 Å². The Morgan fingerprint density at radius 2 is 1.88 bits per heavy atom. The van der Waals surface area contributed by atoms with Crippen molar-refractivity contribution in [2.45, 2.75) is 38.9 Å². The van der Waals surface area contributed by atoms with Gasteiger partial charge in [0.25, 0.3) is 0 Å². The smallest absolute Gasteiger partial charge is 0.250 e. The number of rotatable bonds is 2. The summed E-state index contributed by atoms with van der Waals surface area (Å²) >= 11 is 0. The molecule has 0 fully saturated rings. The normalized spacial score (nSPS) is 12.1. The van der Waals surface area contributed by atoms with Gasteiger partial charge in [0.15, 0.2) is 0 Å². The summed E-state index contributed by atoms with van der Waals surface area (Å²) in [4.78, 5) is 0. The van der Waals surface area contributed by atoms with Crippen molar-refractivity contribution in [3.8, 4) is 11.8 Å². The third kappa shape index (κ3) is 3.07. The monoisotopic (exact) mass is 251 g/mol. The van der Waals surface area contributed by atoms with Crippen molar-refractivity contribution in [2.24, 2.45) is 0 Å². The first kappa shape index (κ1) is 13.7. The van der Waals surface area contributed by atoms with Gasteiger partial charge in [0, 0.05) is 0 Å². The maximum Gasteiger partial charge on any atom is 0.250 e. The summed E-state index contributed by atoms with van der Waals surface area (Å²) in [5.41, 5.74) is 0.0289. The van der Waals surface area contributed by atoms with Gasteiger partial charge in [0.05, 0.1) is 5.56 Å². The molecule has 0 heterocycles. The SMILES string of the molecule is CC(C)(C)[Si](C)(C)Oc1ccc(F)c(C#N)c1. The Hall–Kier alpha value is -1.34. The molecule has 0 aliphatic carbocycles. The lowest BCUT2D eigenvalue weighted by molar-refractivity contribution is 0.490. The van der Waals surface area contributed by atoms with Crippen LogP contribution in [0.15, 0.2) is 18.2 Å². The highest BCUT2D eigenvalue weighted by Crippen LogP contribution is 2.37. The highest BCUT2D eigenvalue weighted by Gasteiger charge is 2.39. The molecule has 0 spiro atoms. The van der Waals surface area contributed by atoms with Crippen molar-refractivity contribution in [3.05, 3.63) is 29.6 Å². The zero-order valence-corrected chi connectivity index (χ0v) is 12.0. The first-order valence-corrected chi connectivity index (χ1v) is 8.47. The average Bonchev–Trinajstić information content (AvgIpc) is 2.19. The first-order valence-electron chi connectivity index (χ1n) is 5.56. The second kappa shape index (κ2) is 4.50. The Bertz CT molecular complexity index is 457. The van der Waals surface area contributed by atoms with E-state index in [-0.39, 0.29) is 10.6 Å². The van der Waals surface area contributed by atoms with Gasteiger partial charge in [-0.15, -0.1) is 0 Å². The molecule has 0 aromatic heterocycles. The Labute approximate surface area is 103 Å². The molecule has 0 radical (unpaired) electrons. The molecule has 0 unspecified atom stereocenters. The first-order chi connectivity index (χ1) is 7.67. The Balaban J connectivity index is 3.02. The van der Waals surface area contributed by atoms with Crippen LogP contribution in [0.2, 0.25) is 18.1 Å². The molecule has 0 saturated heterocycles. The summed E-state index contributed by atoms with van der Waals surface area (Å²) in [6.07, 6.45) is 0. The topological polar surface area (TPSA) is 33.0 Å². The predicted molar refractivity (Wildman–Crippen MR) is 68.9 cm³/mol. The summed E-state index contributed by atoms with van der Waals surface area (Å²) in [5, 5.41) is 8.84. The molecule has 0 saturated carbocycles. The molecule has 92 valence electrons. The van der Waals surface area contributed by atoms with Gasteiger partial charge in [0.2, 0.25) is 8.32 Å². The van der Waals surface area contributed by atoms with E-state index in [0.717, 1.165) is 0 Å². The van der Waals surface area contributed by atoms with Crippen LogP contribution in [-0.4, -0.2) is 8.32 Å². The van der Waals surface area contributed by atoms with E-state index in [1.165, 1.54) is 12.1 Å². The fourth-order valence-electron chi connectivity index (χ4n) is 1.10. The molecular formula is C13H18FNOSi. The van der Waals surface area contributed by atoms with E-state index >= 15 is 0 Å². The molecular weight excluding hydrogens is 233 g/mol. The molecule has 0 atom stereocenters. The van der Waals surface area contributed by atoms with Crippen LogP contribution in [0.3, 0.4) is 0 Å². The number of nitrogens with zero attached hydrogens (tertiary/aromatic N) is 1. The molecule has 4 heteroatoms. The maximum atomic E-state index is 13.2. The largest absolute Gasteiger partial charge is 0.543 e. The van der Waals surface area contributed by atoms with Crippen molar-refractivity contribution in [3.63, 3.8) is 0 Å². The van der Waals surface area contributed by atoms with Crippen molar-refractivity contribution in [2.75, 3.05) is 0 Å². The van der Waals surface area contributed by atoms with E-state index in [0.29, 0.717) is 5.75 Å². The van der Waals surface area contributed by atoms with E-state index in [1.54, 1.807) is 6.07 Å². The molecule has 0 amide bonds. The zero-order chi connectivity index (χ0) is 13.3. The summed E-state index contributed by atoms with van der Waals surface area (Å²) in [6, 6.07) is 6.15. The van der Waals surface area contributed by atoms with Gasteiger partial charge in [-0.1, -0.05) is 20.8 Å². The third-order valence-corrected chi connectivity index (χ3v) is 7.60. The number of hydrogen-bond donors (Lipinski definition) is 0. The molecule has 0 N–H and O–H groups in total. The summed E-state index contributed by atoms with van der Waals surface area (Å²) in [5.74, 6) is 0.0737. The molecule has 0 aliphatic rings. The van der Waals surface area contributed by atoms with Gasteiger partial charge >= 0.3 is 0 Å². The lowest BCUT2D eigenvalue weighted by Crippen LogP contribution is -2.43. The third-order valence-electron chi connectivity index (χ3n) is 3.24. The Morgan fingerprint density at radius 1 is 1.29 bits per heavy atom. The number of halogens is 1. The van der Waals surface area contributed by atoms with Crippen molar-refractivity contribution >= 4 is 8.32 Å². The fraction of sp³-hybridized carbons (Fsp3) is 0.462. The number of nitriles is 1. The van der Waals surface area contributed by atoms with Gasteiger partial charge in [-0.3, -0.25) is 0 Å². The summed E-state index contributed by atoms with van der Waals surface area (Å²) < 4.78 is 19.2. The van der Waals surface area contributed by atoms with E-state index in [9.17, 15) is 4.39 Å². The minimum absolute atomic E-state index is 0.0289. The molecule has 1 rings (SSSR count). The van der Waals surface area contributed by atoms with E-state index in [1.807, 2.05) is 6.07 Å². The fourth-order valence-corrected chi connectivity index (χ4v) is 2.12. The number of hydrogen-bond acceptors (Lipinski definition) is 2. The van der Waals surface area contributed by atoms with E-state index in [4.69, 9.17) is 9.69 Å². The highest BCUT2D eigenvalue weighted by atomic mass is 28.4. The lowest BCUT2D eigenvalue weighted by Gasteiger charge is -2.36. The molecule has 2 nitrogen and oxygen atoms in total. The number of benzene rings is 1. The van der Waals surface area contributed by atoms with Gasteiger partial charge < -0.3 is 4.43 Å². The molecule has 0 aliphatic heterocycles. The van der Waals surface area contributed by atoms with Crippen LogP contribution < -0.4 is 4.43 Å². The maximum absolute atomic E-state index is 13.2. The molecule has 1 aromatic rings. The second-order valence-corrected chi connectivity index (χ2v) is 10.3. The van der Waals surface area contributed by atoms with Crippen LogP contribution in [0.4, 0.5) is 4.39 Å². The van der Waals surface area contributed by atoms with Gasteiger partial charge in [-0.2, -0.15) is 5.26 Å². The minimum Gasteiger partial charge on any atom is -0.543 e. The van der Waals surface area contributed by atoms with Crippen molar-refractivity contribution in [1.29, 1.82) is 5.26 Å². The summed E-state index contributed by atoms with van der Waals surface area (Å²) in [7, 11) is -1.93. The molecule has 0 bridgehead atoms. The van der Waals surface area contributed by atoms with E-state index < -0.39 is 14.1 Å². The van der Waals surface area contributed by atoms with Crippen LogP contribution in [0.1, 0.15) is 26.3 Å². The molecule has 1 aromatic carbocycles. The Morgan fingerprint density at radius 3 is 2.35 bits per heavy atom. The van der Waals surface area contributed by atoms with Gasteiger partial charge in [-0.05, 0) is 36.3 Å². The van der Waals surface area contributed by atoms with Gasteiger partial charge in [0.1, 0.15) is 17.6 Å². The zero-order valence-electron chi connectivity index (χ0n) is 11.0. The lowest BCUT2D eigenvalue weighted by atomic mass is 10.2. The highest BCUT2D eigenvalue weighted by molar-refractivity contribution is 6.74. The van der Waals surface area contributed by atoms with Crippen LogP contribution in [0.25, 0.3) is 0 Å². The van der Waals surface area contributed by atoms with E-state index in [2.05, 4.69) is 33.9 Å². The molecule has 17 heavy (non-hydrogen) atoms. The second-order valence-electron chi connectivity index (χ2n) is 5.62. The average molecular weight is 251 g/mol. The Kier molecular flexibility index (Phi) is 3.63.